The third-order valence-electron chi connectivity index (χ3n) is 1.90. The van der Waals surface area contributed by atoms with Crippen LogP contribution in [0.2, 0.25) is 0 Å². The first-order chi connectivity index (χ1) is 7.79. The SMILES string of the molecule is CC(CS(C)(=O)=O)NC(=O)c1ncccc1Br. The van der Waals surface area contributed by atoms with Gasteiger partial charge in [-0.3, -0.25) is 4.79 Å². The van der Waals surface area contributed by atoms with E-state index in [0.29, 0.717) is 4.47 Å². The molecule has 0 aromatic carbocycles. The largest absolute Gasteiger partial charge is 0.347 e. The van der Waals surface area contributed by atoms with Crippen molar-refractivity contribution in [2.45, 2.75) is 13.0 Å². The van der Waals surface area contributed by atoms with Gasteiger partial charge in [0, 0.05) is 23.0 Å². The second-order valence-electron chi connectivity index (χ2n) is 3.80. The predicted octanol–water partition coefficient (Wildman–Crippen LogP) is 1.01. The molecule has 94 valence electrons. The Morgan fingerprint density at radius 2 is 2.24 bits per heavy atom. The Bertz CT molecular complexity index is 516. The van der Waals surface area contributed by atoms with Crippen LogP contribution in [0.4, 0.5) is 0 Å². The van der Waals surface area contributed by atoms with Crippen LogP contribution in [0.25, 0.3) is 0 Å². The zero-order chi connectivity index (χ0) is 13.1. The molecule has 0 saturated carbocycles. The number of aromatic nitrogens is 1. The first kappa shape index (κ1) is 14.1. The average molecular weight is 321 g/mol. The molecule has 0 spiro atoms. The van der Waals surface area contributed by atoms with E-state index in [-0.39, 0.29) is 11.4 Å². The second-order valence-corrected chi connectivity index (χ2v) is 6.84. The van der Waals surface area contributed by atoms with E-state index in [1.807, 2.05) is 0 Å². The number of hydrogen-bond donors (Lipinski definition) is 1. The molecule has 0 bridgehead atoms. The quantitative estimate of drug-likeness (QED) is 0.898. The van der Waals surface area contributed by atoms with Crippen LogP contribution in [-0.2, 0) is 9.84 Å². The van der Waals surface area contributed by atoms with E-state index in [0.717, 1.165) is 6.26 Å². The highest BCUT2D eigenvalue weighted by Gasteiger charge is 2.16. The molecule has 1 N–H and O–H groups in total. The highest BCUT2D eigenvalue weighted by molar-refractivity contribution is 9.10. The van der Waals surface area contributed by atoms with Crippen LogP contribution in [0, 0.1) is 0 Å². The summed E-state index contributed by atoms with van der Waals surface area (Å²) in [6.45, 7) is 1.63. The predicted molar refractivity (Wildman–Crippen MR) is 68.6 cm³/mol. The smallest absolute Gasteiger partial charge is 0.271 e. The summed E-state index contributed by atoms with van der Waals surface area (Å²) < 4.78 is 22.7. The lowest BCUT2D eigenvalue weighted by Gasteiger charge is -2.12. The summed E-state index contributed by atoms with van der Waals surface area (Å²) in [6, 6.07) is 2.94. The van der Waals surface area contributed by atoms with Crippen molar-refractivity contribution in [3.63, 3.8) is 0 Å². The Balaban J connectivity index is 2.71. The lowest BCUT2D eigenvalue weighted by Crippen LogP contribution is -2.37. The van der Waals surface area contributed by atoms with E-state index < -0.39 is 21.8 Å². The summed E-state index contributed by atoms with van der Waals surface area (Å²) in [5.74, 6) is -0.489. The molecule has 1 amide bonds. The summed E-state index contributed by atoms with van der Waals surface area (Å²) >= 11 is 3.21. The number of hydrogen-bond acceptors (Lipinski definition) is 4. The fraction of sp³-hybridized carbons (Fsp3) is 0.400. The molecule has 7 heteroatoms. The maximum atomic E-state index is 11.8. The maximum absolute atomic E-state index is 11.8. The van der Waals surface area contributed by atoms with E-state index in [1.165, 1.54) is 6.20 Å². The van der Waals surface area contributed by atoms with Gasteiger partial charge in [-0.15, -0.1) is 0 Å². The Morgan fingerprint density at radius 3 is 2.76 bits per heavy atom. The summed E-state index contributed by atoms with van der Waals surface area (Å²) in [4.78, 5) is 15.7. The van der Waals surface area contributed by atoms with Gasteiger partial charge in [-0.25, -0.2) is 13.4 Å². The van der Waals surface area contributed by atoms with Crippen molar-refractivity contribution in [3.05, 3.63) is 28.5 Å². The topological polar surface area (TPSA) is 76.1 Å². The van der Waals surface area contributed by atoms with E-state index >= 15 is 0 Å². The molecule has 0 aliphatic heterocycles. The highest BCUT2D eigenvalue weighted by atomic mass is 79.9. The van der Waals surface area contributed by atoms with Gasteiger partial charge in [-0.05, 0) is 35.0 Å². The molecular formula is C10H13BrN2O3S. The Labute approximate surface area is 109 Å². The molecule has 0 saturated heterocycles. The minimum Gasteiger partial charge on any atom is -0.347 e. The van der Waals surface area contributed by atoms with E-state index in [2.05, 4.69) is 26.2 Å². The summed E-state index contributed by atoms with van der Waals surface area (Å²) in [5.41, 5.74) is 0.243. The second kappa shape index (κ2) is 5.59. The number of sulfone groups is 1. The van der Waals surface area contributed by atoms with Crippen LogP contribution >= 0.6 is 15.9 Å². The van der Waals surface area contributed by atoms with Crippen molar-refractivity contribution in [3.8, 4) is 0 Å². The van der Waals surface area contributed by atoms with E-state index in [1.54, 1.807) is 19.1 Å². The van der Waals surface area contributed by atoms with E-state index in [4.69, 9.17) is 0 Å². The normalized spacial score (nSPS) is 13.1. The van der Waals surface area contributed by atoms with Crippen LogP contribution < -0.4 is 5.32 Å². The molecule has 0 fully saturated rings. The van der Waals surface area contributed by atoms with Gasteiger partial charge in [0.2, 0.25) is 0 Å². The number of pyridine rings is 1. The molecule has 0 aliphatic carbocycles. The molecule has 0 aliphatic rings. The Kier molecular flexibility index (Phi) is 4.64. The molecule has 1 atom stereocenters. The van der Waals surface area contributed by atoms with Crippen molar-refractivity contribution in [1.82, 2.24) is 10.3 Å². The third kappa shape index (κ3) is 4.82. The molecule has 0 radical (unpaired) electrons. The maximum Gasteiger partial charge on any atom is 0.271 e. The van der Waals surface area contributed by atoms with Crippen LogP contribution in [0.3, 0.4) is 0 Å². The summed E-state index contributed by atoms with van der Waals surface area (Å²) in [6.07, 6.45) is 2.63. The number of nitrogens with zero attached hydrogens (tertiary/aromatic N) is 1. The minimum absolute atomic E-state index is 0.0941. The van der Waals surface area contributed by atoms with Crippen molar-refractivity contribution in [2.24, 2.45) is 0 Å². The molecule has 1 aromatic heterocycles. The number of carbonyl (C=O) groups excluding carboxylic acids is 1. The third-order valence-corrected chi connectivity index (χ3v) is 3.65. The first-order valence-electron chi connectivity index (χ1n) is 4.88. The zero-order valence-electron chi connectivity index (χ0n) is 9.47. The minimum atomic E-state index is -3.11. The fourth-order valence-corrected chi connectivity index (χ4v) is 2.77. The number of halogens is 1. The van der Waals surface area contributed by atoms with Gasteiger partial charge < -0.3 is 5.32 Å². The zero-order valence-corrected chi connectivity index (χ0v) is 11.9. The average Bonchev–Trinajstić information content (AvgIpc) is 2.14. The van der Waals surface area contributed by atoms with Gasteiger partial charge in [0.05, 0.1) is 5.75 Å². The van der Waals surface area contributed by atoms with Gasteiger partial charge in [0.25, 0.3) is 5.91 Å². The molecule has 17 heavy (non-hydrogen) atoms. The highest BCUT2D eigenvalue weighted by Crippen LogP contribution is 2.13. The van der Waals surface area contributed by atoms with Gasteiger partial charge in [-0.2, -0.15) is 0 Å². The lowest BCUT2D eigenvalue weighted by molar-refractivity contribution is 0.0938. The van der Waals surface area contributed by atoms with E-state index in [9.17, 15) is 13.2 Å². The van der Waals surface area contributed by atoms with Crippen LogP contribution in [-0.4, -0.2) is 37.4 Å². The Hall–Kier alpha value is -0.950. The van der Waals surface area contributed by atoms with Gasteiger partial charge in [0.1, 0.15) is 15.5 Å². The van der Waals surface area contributed by atoms with Crippen molar-refractivity contribution in [2.75, 3.05) is 12.0 Å². The van der Waals surface area contributed by atoms with Gasteiger partial charge >= 0.3 is 0 Å². The summed E-state index contributed by atoms with van der Waals surface area (Å²) in [5, 5.41) is 2.58. The standard InChI is InChI=1S/C10H13BrN2O3S/c1-7(6-17(2,15)16)13-10(14)9-8(11)4-3-5-12-9/h3-5,7H,6H2,1-2H3,(H,13,14). The van der Waals surface area contributed by atoms with Crippen LogP contribution in [0.1, 0.15) is 17.4 Å². The van der Waals surface area contributed by atoms with Gasteiger partial charge in [-0.1, -0.05) is 0 Å². The van der Waals surface area contributed by atoms with Crippen molar-refractivity contribution >= 4 is 31.7 Å². The molecule has 1 unspecified atom stereocenters. The molecule has 1 rings (SSSR count). The number of amides is 1. The molecule has 1 aromatic rings. The number of nitrogens with one attached hydrogen (secondary N) is 1. The van der Waals surface area contributed by atoms with Crippen molar-refractivity contribution < 1.29 is 13.2 Å². The first-order valence-corrected chi connectivity index (χ1v) is 7.74. The van der Waals surface area contributed by atoms with Gasteiger partial charge in [0.15, 0.2) is 0 Å². The van der Waals surface area contributed by atoms with Crippen LogP contribution in [0.15, 0.2) is 22.8 Å². The van der Waals surface area contributed by atoms with Crippen LogP contribution in [0.5, 0.6) is 0 Å². The number of rotatable bonds is 4. The monoisotopic (exact) mass is 320 g/mol. The summed E-state index contributed by atoms with van der Waals surface area (Å²) in [7, 11) is -3.11. The number of carbonyl (C=O) groups is 1. The fourth-order valence-electron chi connectivity index (χ4n) is 1.34. The molecule has 1 heterocycles. The van der Waals surface area contributed by atoms with Crippen molar-refractivity contribution in [1.29, 1.82) is 0 Å². The Morgan fingerprint density at radius 1 is 1.59 bits per heavy atom. The molecular weight excluding hydrogens is 308 g/mol. The molecule has 5 nitrogen and oxygen atoms in total. The lowest BCUT2D eigenvalue weighted by atomic mass is 10.3.